The first-order chi connectivity index (χ1) is 6.40. The van der Waals surface area contributed by atoms with E-state index in [1.165, 1.54) is 0 Å². The van der Waals surface area contributed by atoms with Crippen molar-refractivity contribution in [3.8, 4) is 11.3 Å². The lowest BCUT2D eigenvalue weighted by molar-refractivity contribution is 0.568. The second-order valence-electron chi connectivity index (χ2n) is 2.59. The number of nitrogen functional groups attached to an aromatic ring is 1. The van der Waals surface area contributed by atoms with Crippen molar-refractivity contribution in [1.82, 2.24) is 4.98 Å². The second-order valence-corrected chi connectivity index (χ2v) is 2.59. The van der Waals surface area contributed by atoms with Crippen molar-refractivity contribution >= 4 is 5.69 Å². The summed E-state index contributed by atoms with van der Waals surface area (Å²) in [4.78, 5) is 4.17. The molecule has 0 saturated carbocycles. The maximum Gasteiger partial charge on any atom is 0.0996 e. The van der Waals surface area contributed by atoms with Crippen molar-refractivity contribution < 1.29 is 4.42 Å². The standard InChI is InChI=1S/C9H9N3O/c10-12-8-1-3-11-9(5-8)7-2-4-13-6-7/h1-6H,10H2,(H,11,12). The van der Waals surface area contributed by atoms with Gasteiger partial charge in [0.2, 0.25) is 0 Å². The lowest BCUT2D eigenvalue weighted by Crippen LogP contribution is -2.06. The van der Waals surface area contributed by atoms with E-state index >= 15 is 0 Å². The molecule has 0 aliphatic rings. The highest BCUT2D eigenvalue weighted by molar-refractivity contribution is 5.62. The Balaban J connectivity index is 2.41. The summed E-state index contributed by atoms with van der Waals surface area (Å²) in [6.45, 7) is 0. The van der Waals surface area contributed by atoms with E-state index in [4.69, 9.17) is 10.3 Å². The number of nitrogens with zero attached hydrogens (tertiary/aromatic N) is 1. The highest BCUT2D eigenvalue weighted by atomic mass is 16.3. The molecule has 0 aromatic carbocycles. The molecule has 0 fully saturated rings. The fourth-order valence-electron chi connectivity index (χ4n) is 1.09. The van der Waals surface area contributed by atoms with Gasteiger partial charge < -0.3 is 9.84 Å². The zero-order chi connectivity index (χ0) is 9.10. The van der Waals surface area contributed by atoms with Crippen molar-refractivity contribution in [2.75, 3.05) is 5.43 Å². The third kappa shape index (κ3) is 1.52. The van der Waals surface area contributed by atoms with Gasteiger partial charge in [0.1, 0.15) is 0 Å². The quantitative estimate of drug-likeness (QED) is 0.537. The molecule has 13 heavy (non-hydrogen) atoms. The van der Waals surface area contributed by atoms with Crippen molar-refractivity contribution in [3.05, 3.63) is 36.9 Å². The van der Waals surface area contributed by atoms with Crippen LogP contribution in [0.4, 0.5) is 5.69 Å². The minimum atomic E-state index is 0.825. The monoisotopic (exact) mass is 175 g/mol. The molecule has 2 aromatic heterocycles. The lowest BCUT2D eigenvalue weighted by Gasteiger charge is -2.00. The number of furan rings is 1. The summed E-state index contributed by atoms with van der Waals surface area (Å²) in [6, 6.07) is 5.50. The molecule has 0 saturated heterocycles. The number of rotatable bonds is 2. The Morgan fingerprint density at radius 2 is 2.31 bits per heavy atom. The molecule has 66 valence electrons. The molecular weight excluding hydrogens is 166 g/mol. The largest absolute Gasteiger partial charge is 0.472 e. The zero-order valence-electron chi connectivity index (χ0n) is 6.90. The van der Waals surface area contributed by atoms with Crippen LogP contribution in [0.15, 0.2) is 41.3 Å². The van der Waals surface area contributed by atoms with E-state index < -0.39 is 0 Å². The molecule has 0 unspecified atom stereocenters. The van der Waals surface area contributed by atoms with Crippen LogP contribution in [0, 0.1) is 0 Å². The van der Waals surface area contributed by atoms with Gasteiger partial charge in [0.25, 0.3) is 0 Å². The first-order valence-electron chi connectivity index (χ1n) is 3.85. The molecule has 0 atom stereocenters. The van der Waals surface area contributed by atoms with Gasteiger partial charge in [-0.1, -0.05) is 0 Å². The van der Waals surface area contributed by atoms with E-state index in [0.29, 0.717) is 0 Å². The molecule has 2 aromatic rings. The number of anilines is 1. The fourth-order valence-corrected chi connectivity index (χ4v) is 1.09. The summed E-state index contributed by atoms with van der Waals surface area (Å²) in [6.07, 6.45) is 4.94. The Bertz CT molecular complexity index is 384. The topological polar surface area (TPSA) is 64.1 Å². The fraction of sp³-hybridized carbons (Fsp3) is 0. The van der Waals surface area contributed by atoms with Gasteiger partial charge >= 0.3 is 0 Å². The van der Waals surface area contributed by atoms with E-state index in [2.05, 4.69) is 10.4 Å². The third-order valence-electron chi connectivity index (χ3n) is 1.74. The lowest BCUT2D eigenvalue weighted by atomic mass is 10.2. The first-order valence-corrected chi connectivity index (χ1v) is 3.85. The second kappa shape index (κ2) is 3.28. The maximum atomic E-state index is 5.27. The minimum Gasteiger partial charge on any atom is -0.472 e. The van der Waals surface area contributed by atoms with Gasteiger partial charge in [0.05, 0.1) is 23.9 Å². The average molecular weight is 175 g/mol. The van der Waals surface area contributed by atoms with Crippen LogP contribution in [0.5, 0.6) is 0 Å². The van der Waals surface area contributed by atoms with Crippen LogP contribution in [0.3, 0.4) is 0 Å². The predicted molar refractivity (Wildman–Crippen MR) is 49.7 cm³/mol. The van der Waals surface area contributed by atoms with E-state index in [-0.39, 0.29) is 0 Å². The predicted octanol–water partition coefficient (Wildman–Crippen LogP) is 1.63. The molecule has 2 rings (SSSR count). The number of nitrogens with two attached hydrogens (primary N) is 1. The van der Waals surface area contributed by atoms with Crippen LogP contribution in [0.1, 0.15) is 0 Å². The van der Waals surface area contributed by atoms with Gasteiger partial charge in [-0.05, 0) is 18.2 Å². The van der Waals surface area contributed by atoms with Gasteiger partial charge in [0, 0.05) is 11.8 Å². The normalized spacial score (nSPS) is 9.92. The summed E-state index contributed by atoms with van der Waals surface area (Å²) in [5.41, 5.74) is 5.16. The Morgan fingerprint density at radius 1 is 1.38 bits per heavy atom. The summed E-state index contributed by atoms with van der Waals surface area (Å²) in [5, 5.41) is 0. The van der Waals surface area contributed by atoms with E-state index in [9.17, 15) is 0 Å². The molecule has 0 aliphatic heterocycles. The van der Waals surface area contributed by atoms with Gasteiger partial charge in [0.15, 0.2) is 0 Å². The van der Waals surface area contributed by atoms with Crippen molar-refractivity contribution in [3.63, 3.8) is 0 Å². The van der Waals surface area contributed by atoms with E-state index in [1.807, 2.05) is 12.1 Å². The third-order valence-corrected chi connectivity index (χ3v) is 1.74. The Kier molecular flexibility index (Phi) is 1.97. The van der Waals surface area contributed by atoms with Gasteiger partial charge in [-0.2, -0.15) is 0 Å². The number of aromatic nitrogens is 1. The number of hydrogen-bond donors (Lipinski definition) is 2. The van der Waals surface area contributed by atoms with Crippen LogP contribution in [-0.2, 0) is 0 Å². The average Bonchev–Trinajstić information content (AvgIpc) is 2.71. The summed E-state index contributed by atoms with van der Waals surface area (Å²) >= 11 is 0. The zero-order valence-corrected chi connectivity index (χ0v) is 6.90. The number of nitrogens with one attached hydrogen (secondary N) is 1. The summed E-state index contributed by atoms with van der Waals surface area (Å²) < 4.78 is 4.95. The molecule has 0 bridgehead atoms. The summed E-state index contributed by atoms with van der Waals surface area (Å²) in [7, 11) is 0. The maximum absolute atomic E-state index is 5.27. The highest BCUT2D eigenvalue weighted by Gasteiger charge is 2.00. The van der Waals surface area contributed by atoms with Crippen molar-refractivity contribution in [2.45, 2.75) is 0 Å². The highest BCUT2D eigenvalue weighted by Crippen LogP contribution is 2.19. The number of hydrogen-bond acceptors (Lipinski definition) is 4. The Morgan fingerprint density at radius 3 is 3.00 bits per heavy atom. The molecule has 4 nitrogen and oxygen atoms in total. The SMILES string of the molecule is NNc1ccnc(-c2ccoc2)c1. The smallest absolute Gasteiger partial charge is 0.0996 e. The summed E-state index contributed by atoms with van der Waals surface area (Å²) in [5.74, 6) is 5.27. The number of hydrazine groups is 1. The number of pyridine rings is 1. The molecular formula is C9H9N3O. The minimum absolute atomic E-state index is 0.825. The van der Waals surface area contributed by atoms with Gasteiger partial charge in [-0.15, -0.1) is 0 Å². The van der Waals surface area contributed by atoms with Crippen molar-refractivity contribution in [2.24, 2.45) is 5.84 Å². The van der Waals surface area contributed by atoms with Crippen LogP contribution in [0.25, 0.3) is 11.3 Å². The first kappa shape index (κ1) is 7.82. The Hall–Kier alpha value is -1.81. The molecule has 0 amide bonds. The molecule has 0 spiro atoms. The van der Waals surface area contributed by atoms with Gasteiger partial charge in [-0.25, -0.2) is 0 Å². The van der Waals surface area contributed by atoms with Crippen LogP contribution < -0.4 is 11.3 Å². The van der Waals surface area contributed by atoms with Gasteiger partial charge in [-0.3, -0.25) is 10.8 Å². The van der Waals surface area contributed by atoms with E-state index in [0.717, 1.165) is 16.9 Å². The van der Waals surface area contributed by atoms with Crippen LogP contribution in [-0.4, -0.2) is 4.98 Å². The van der Waals surface area contributed by atoms with Crippen LogP contribution >= 0.6 is 0 Å². The molecule has 2 heterocycles. The molecule has 0 radical (unpaired) electrons. The Labute approximate surface area is 75.4 Å². The van der Waals surface area contributed by atoms with Crippen molar-refractivity contribution in [1.29, 1.82) is 0 Å². The molecule has 0 aliphatic carbocycles. The van der Waals surface area contributed by atoms with E-state index in [1.54, 1.807) is 24.8 Å². The van der Waals surface area contributed by atoms with Crippen LogP contribution in [0.2, 0.25) is 0 Å². The molecule has 4 heteroatoms. The molecule has 3 N–H and O–H groups in total.